The van der Waals surface area contributed by atoms with Crippen molar-refractivity contribution in [3.63, 3.8) is 0 Å². The van der Waals surface area contributed by atoms with Gasteiger partial charge in [0.15, 0.2) is 0 Å². The van der Waals surface area contributed by atoms with E-state index in [1.165, 1.54) is 0 Å². The summed E-state index contributed by atoms with van der Waals surface area (Å²) in [6, 6.07) is 5.53. The second kappa shape index (κ2) is 4.42. The maximum Gasteiger partial charge on any atom is 0.306 e. The maximum atomic E-state index is 10.8. The highest BCUT2D eigenvalue weighted by Gasteiger charge is 2.36. The predicted molar refractivity (Wildman–Crippen MR) is 61.5 cm³/mol. The zero-order chi connectivity index (χ0) is 12.4. The number of hydrogen-bond acceptors (Lipinski definition) is 4. The van der Waals surface area contributed by atoms with E-state index in [2.05, 4.69) is 11.1 Å². The molecule has 0 saturated carbocycles. The monoisotopic (exact) mass is 231 g/mol. The second-order valence-electron chi connectivity index (χ2n) is 4.28. The van der Waals surface area contributed by atoms with E-state index in [1.807, 2.05) is 4.90 Å². The number of aliphatic carboxylic acids is 1. The second-order valence-corrected chi connectivity index (χ2v) is 4.28. The van der Waals surface area contributed by atoms with Crippen molar-refractivity contribution in [2.75, 3.05) is 18.0 Å². The Hall–Kier alpha value is -2.09. The van der Waals surface area contributed by atoms with Gasteiger partial charge in [-0.05, 0) is 12.1 Å². The van der Waals surface area contributed by atoms with Crippen LogP contribution in [0.3, 0.4) is 0 Å². The third-order valence-corrected chi connectivity index (χ3v) is 3.21. The van der Waals surface area contributed by atoms with E-state index in [4.69, 9.17) is 10.4 Å². The Bertz CT molecular complexity index is 475. The lowest BCUT2D eigenvalue weighted by molar-refractivity contribution is -0.143. The summed E-state index contributed by atoms with van der Waals surface area (Å²) in [7, 11) is 0. The number of nitriles is 1. The van der Waals surface area contributed by atoms with Crippen LogP contribution in [-0.4, -0.2) is 29.1 Å². The van der Waals surface area contributed by atoms with Gasteiger partial charge >= 0.3 is 5.97 Å². The molecule has 5 heteroatoms. The van der Waals surface area contributed by atoms with E-state index in [-0.39, 0.29) is 11.8 Å². The van der Waals surface area contributed by atoms with Gasteiger partial charge in [0.05, 0.1) is 11.5 Å². The molecule has 1 aromatic rings. The summed E-state index contributed by atoms with van der Waals surface area (Å²) < 4.78 is 0. The SMILES string of the molecule is CC(C(=O)O)C1CN(c2ncccc2C#N)C1. The van der Waals surface area contributed by atoms with Gasteiger partial charge in [0.1, 0.15) is 11.9 Å². The Labute approximate surface area is 99.3 Å². The van der Waals surface area contributed by atoms with Crippen molar-refractivity contribution in [2.45, 2.75) is 6.92 Å². The number of pyridine rings is 1. The number of hydrogen-bond donors (Lipinski definition) is 1. The van der Waals surface area contributed by atoms with Crippen molar-refractivity contribution >= 4 is 11.8 Å². The number of aromatic nitrogens is 1. The normalized spacial score (nSPS) is 17.1. The van der Waals surface area contributed by atoms with Gasteiger partial charge in [-0.1, -0.05) is 6.92 Å². The van der Waals surface area contributed by atoms with E-state index in [0.717, 1.165) is 0 Å². The molecule has 5 nitrogen and oxygen atoms in total. The van der Waals surface area contributed by atoms with E-state index >= 15 is 0 Å². The Morgan fingerprint density at radius 1 is 1.71 bits per heavy atom. The molecule has 0 aliphatic carbocycles. The van der Waals surface area contributed by atoms with Gasteiger partial charge < -0.3 is 10.0 Å². The molecular formula is C12H13N3O2. The van der Waals surface area contributed by atoms with Crippen LogP contribution < -0.4 is 4.90 Å². The van der Waals surface area contributed by atoms with Crippen molar-refractivity contribution in [3.05, 3.63) is 23.9 Å². The molecule has 1 aromatic heterocycles. The molecule has 1 aliphatic rings. The molecule has 2 heterocycles. The van der Waals surface area contributed by atoms with Crippen LogP contribution >= 0.6 is 0 Å². The number of anilines is 1. The lowest BCUT2D eigenvalue weighted by Crippen LogP contribution is -2.51. The van der Waals surface area contributed by atoms with Crippen LogP contribution in [0, 0.1) is 23.2 Å². The average molecular weight is 231 g/mol. The summed E-state index contributed by atoms with van der Waals surface area (Å²) in [6.45, 7) is 3.02. The minimum absolute atomic E-state index is 0.140. The molecule has 1 unspecified atom stereocenters. The highest BCUT2D eigenvalue weighted by molar-refractivity contribution is 5.70. The number of carboxylic acid groups (broad SMARTS) is 1. The molecule has 1 aliphatic heterocycles. The van der Waals surface area contributed by atoms with Crippen molar-refractivity contribution < 1.29 is 9.90 Å². The summed E-state index contributed by atoms with van der Waals surface area (Å²) in [4.78, 5) is 16.9. The number of carboxylic acids is 1. The summed E-state index contributed by atoms with van der Waals surface area (Å²) >= 11 is 0. The van der Waals surface area contributed by atoms with E-state index in [9.17, 15) is 4.79 Å². The maximum absolute atomic E-state index is 10.8. The van der Waals surface area contributed by atoms with Crippen LogP contribution in [0.2, 0.25) is 0 Å². The Kier molecular flexibility index (Phi) is 2.96. The smallest absolute Gasteiger partial charge is 0.306 e. The molecule has 88 valence electrons. The van der Waals surface area contributed by atoms with E-state index < -0.39 is 5.97 Å². The Morgan fingerprint density at radius 2 is 2.41 bits per heavy atom. The van der Waals surface area contributed by atoms with Gasteiger partial charge in [-0.25, -0.2) is 4.98 Å². The standard InChI is InChI=1S/C12H13N3O2/c1-8(12(16)17)10-6-15(7-10)11-9(5-13)3-2-4-14-11/h2-4,8,10H,6-7H2,1H3,(H,16,17). The molecule has 0 amide bonds. The van der Waals surface area contributed by atoms with Gasteiger partial charge in [0.25, 0.3) is 0 Å². The molecule has 1 fully saturated rings. The fraction of sp³-hybridized carbons (Fsp3) is 0.417. The minimum atomic E-state index is -0.767. The van der Waals surface area contributed by atoms with Crippen molar-refractivity contribution in [1.82, 2.24) is 4.98 Å². The minimum Gasteiger partial charge on any atom is -0.481 e. The summed E-state index contributed by atoms with van der Waals surface area (Å²) in [5, 5.41) is 17.8. The first-order valence-corrected chi connectivity index (χ1v) is 5.46. The first kappa shape index (κ1) is 11.4. The van der Waals surface area contributed by atoms with E-state index in [1.54, 1.807) is 25.3 Å². The number of carbonyl (C=O) groups is 1. The summed E-state index contributed by atoms with van der Waals surface area (Å²) in [5.41, 5.74) is 0.536. The molecule has 0 spiro atoms. The first-order chi connectivity index (χ1) is 8.13. The van der Waals surface area contributed by atoms with E-state index in [0.29, 0.717) is 24.5 Å². The van der Waals surface area contributed by atoms with Crippen LogP contribution in [0.25, 0.3) is 0 Å². The quantitative estimate of drug-likeness (QED) is 0.843. The largest absolute Gasteiger partial charge is 0.481 e. The van der Waals surface area contributed by atoms with Crippen LogP contribution in [0.4, 0.5) is 5.82 Å². The molecule has 2 rings (SSSR count). The van der Waals surface area contributed by atoms with Crippen molar-refractivity contribution in [3.8, 4) is 6.07 Å². The number of nitrogens with zero attached hydrogens (tertiary/aromatic N) is 3. The molecule has 0 aromatic carbocycles. The zero-order valence-corrected chi connectivity index (χ0v) is 9.50. The third-order valence-electron chi connectivity index (χ3n) is 3.21. The first-order valence-electron chi connectivity index (χ1n) is 5.46. The third kappa shape index (κ3) is 2.07. The fourth-order valence-corrected chi connectivity index (χ4v) is 1.94. The molecule has 0 bridgehead atoms. The van der Waals surface area contributed by atoms with Crippen LogP contribution in [0.15, 0.2) is 18.3 Å². The average Bonchev–Trinajstić information content (AvgIpc) is 2.27. The van der Waals surface area contributed by atoms with Gasteiger partial charge in [0.2, 0.25) is 0 Å². The summed E-state index contributed by atoms with van der Waals surface area (Å²) in [6.07, 6.45) is 1.64. The topological polar surface area (TPSA) is 77.2 Å². The van der Waals surface area contributed by atoms with Gasteiger partial charge in [-0.15, -0.1) is 0 Å². The Balaban J connectivity index is 2.05. The van der Waals surface area contributed by atoms with Crippen LogP contribution in [0.1, 0.15) is 12.5 Å². The van der Waals surface area contributed by atoms with Crippen LogP contribution in [0.5, 0.6) is 0 Å². The lowest BCUT2D eigenvalue weighted by atomic mass is 9.87. The molecule has 1 atom stereocenters. The van der Waals surface area contributed by atoms with Crippen molar-refractivity contribution in [2.24, 2.45) is 11.8 Å². The summed E-state index contributed by atoms with van der Waals surface area (Å²) in [5.74, 6) is -0.318. The van der Waals surface area contributed by atoms with Gasteiger partial charge in [-0.3, -0.25) is 4.79 Å². The van der Waals surface area contributed by atoms with Gasteiger partial charge in [-0.2, -0.15) is 5.26 Å². The lowest BCUT2D eigenvalue weighted by Gasteiger charge is -2.42. The van der Waals surface area contributed by atoms with Crippen molar-refractivity contribution in [1.29, 1.82) is 5.26 Å². The molecular weight excluding hydrogens is 218 g/mol. The zero-order valence-electron chi connectivity index (χ0n) is 9.50. The molecule has 0 radical (unpaired) electrons. The molecule has 1 N–H and O–H groups in total. The van der Waals surface area contributed by atoms with Crippen LogP contribution in [-0.2, 0) is 4.79 Å². The van der Waals surface area contributed by atoms with Gasteiger partial charge in [0, 0.05) is 25.2 Å². The highest BCUT2D eigenvalue weighted by Crippen LogP contribution is 2.29. The number of rotatable bonds is 3. The highest BCUT2D eigenvalue weighted by atomic mass is 16.4. The molecule has 1 saturated heterocycles. The molecule has 17 heavy (non-hydrogen) atoms. The fourth-order valence-electron chi connectivity index (χ4n) is 1.94. The Morgan fingerprint density at radius 3 is 3.00 bits per heavy atom. The predicted octanol–water partition coefficient (Wildman–Crippen LogP) is 1.11.